The monoisotopic (exact) mass is 355 g/mol. The predicted octanol–water partition coefficient (Wildman–Crippen LogP) is 3.37. The van der Waals surface area contributed by atoms with Crippen molar-refractivity contribution in [3.05, 3.63) is 42.1 Å². The molecule has 1 aliphatic heterocycles. The molecule has 2 aromatic rings. The predicted molar refractivity (Wildman–Crippen MR) is 103 cm³/mol. The molecule has 3 rings (SSSR count). The topological polar surface area (TPSA) is 58.4 Å². The van der Waals surface area contributed by atoms with Gasteiger partial charge >= 0.3 is 0 Å². The first-order valence-electron chi connectivity index (χ1n) is 9.52. The molecule has 0 bridgehead atoms. The van der Waals surface area contributed by atoms with Gasteiger partial charge in [0.25, 0.3) is 0 Å². The Labute approximate surface area is 155 Å². The van der Waals surface area contributed by atoms with Gasteiger partial charge in [0, 0.05) is 37.3 Å². The molecule has 3 unspecified atom stereocenters. The smallest absolute Gasteiger partial charge is 0.226 e. The van der Waals surface area contributed by atoms with E-state index in [4.69, 9.17) is 4.52 Å². The van der Waals surface area contributed by atoms with Gasteiger partial charge in [0.15, 0.2) is 5.76 Å². The summed E-state index contributed by atoms with van der Waals surface area (Å²) in [5.41, 5.74) is 1.63. The molecule has 0 aliphatic carbocycles. The number of hydrogen-bond donors (Lipinski definition) is 1. The molecule has 0 saturated carbocycles. The summed E-state index contributed by atoms with van der Waals surface area (Å²) in [6.45, 7) is 9.82. The molecule has 5 heteroatoms. The average Bonchev–Trinajstić information content (AvgIpc) is 3.02. The first-order chi connectivity index (χ1) is 12.5. The fourth-order valence-corrected chi connectivity index (χ4v) is 4.00. The number of carbonyl (C=O) groups is 1. The number of nitrogens with one attached hydrogen (secondary N) is 1. The summed E-state index contributed by atoms with van der Waals surface area (Å²) in [4.78, 5) is 14.8. The van der Waals surface area contributed by atoms with E-state index in [-0.39, 0.29) is 18.4 Å². The summed E-state index contributed by atoms with van der Waals surface area (Å²) in [5, 5.41) is 7.12. The average molecular weight is 355 g/mol. The van der Waals surface area contributed by atoms with E-state index in [0.29, 0.717) is 11.5 Å². The van der Waals surface area contributed by atoms with Crippen molar-refractivity contribution in [2.75, 3.05) is 19.6 Å². The molecule has 3 atom stereocenters. The van der Waals surface area contributed by atoms with E-state index in [1.807, 2.05) is 36.4 Å². The zero-order valence-corrected chi connectivity index (χ0v) is 15.9. The van der Waals surface area contributed by atoms with Crippen LogP contribution in [-0.4, -0.2) is 41.6 Å². The number of amides is 1. The fraction of sp³-hybridized carbons (Fsp3) is 0.524. The largest absolute Gasteiger partial charge is 0.356 e. The Kier molecular flexibility index (Phi) is 6.09. The molecule has 5 nitrogen and oxygen atoms in total. The Balaban J connectivity index is 1.48. The lowest BCUT2D eigenvalue weighted by atomic mass is 9.92. The maximum atomic E-state index is 12.3. The minimum Gasteiger partial charge on any atom is -0.356 e. The number of likely N-dealkylation sites (tertiary alicyclic amines) is 1. The van der Waals surface area contributed by atoms with E-state index in [1.165, 1.54) is 6.42 Å². The van der Waals surface area contributed by atoms with Crippen LogP contribution in [0.25, 0.3) is 11.3 Å². The van der Waals surface area contributed by atoms with Crippen LogP contribution in [0.5, 0.6) is 0 Å². The lowest BCUT2D eigenvalue weighted by Crippen LogP contribution is -2.47. The van der Waals surface area contributed by atoms with Crippen LogP contribution in [-0.2, 0) is 11.2 Å². The third-order valence-corrected chi connectivity index (χ3v) is 4.84. The van der Waals surface area contributed by atoms with Gasteiger partial charge in [0.05, 0.1) is 12.1 Å². The van der Waals surface area contributed by atoms with Crippen molar-refractivity contribution < 1.29 is 9.32 Å². The molecule has 1 amide bonds. The molecular formula is C21H29N3O2. The van der Waals surface area contributed by atoms with Gasteiger partial charge in [-0.1, -0.05) is 49.3 Å². The van der Waals surface area contributed by atoms with Crippen molar-refractivity contribution in [1.29, 1.82) is 0 Å². The number of nitrogens with zero attached hydrogens (tertiary/aromatic N) is 2. The van der Waals surface area contributed by atoms with Crippen molar-refractivity contribution in [3.8, 4) is 11.3 Å². The van der Waals surface area contributed by atoms with E-state index in [1.54, 1.807) is 0 Å². The Morgan fingerprint density at radius 2 is 1.96 bits per heavy atom. The zero-order chi connectivity index (χ0) is 18.5. The standard InChI is InChI=1S/C21H29N3O2/c1-15-9-16(2)13-24(12-15)14-17(3)22-21(25)11-19-10-20(26-23-19)18-7-5-4-6-8-18/h4-8,10,15-17H,9,11-14H2,1-3H3,(H,22,25). The normalized spacial score (nSPS) is 22.1. The minimum absolute atomic E-state index is 0.0106. The van der Waals surface area contributed by atoms with Crippen molar-refractivity contribution in [3.63, 3.8) is 0 Å². The lowest BCUT2D eigenvalue weighted by Gasteiger charge is -2.36. The third kappa shape index (κ3) is 5.18. The van der Waals surface area contributed by atoms with Crippen molar-refractivity contribution in [2.45, 2.75) is 39.7 Å². The van der Waals surface area contributed by atoms with Gasteiger partial charge in [0.2, 0.25) is 5.91 Å². The number of hydrogen-bond acceptors (Lipinski definition) is 4. The molecule has 140 valence electrons. The first kappa shape index (κ1) is 18.6. The molecule has 1 aromatic heterocycles. The molecular weight excluding hydrogens is 326 g/mol. The summed E-state index contributed by atoms with van der Waals surface area (Å²) >= 11 is 0. The molecule has 0 radical (unpaired) electrons. The van der Waals surface area contributed by atoms with Crippen LogP contribution < -0.4 is 5.32 Å². The second-order valence-electron chi connectivity index (χ2n) is 7.86. The minimum atomic E-state index is -0.0106. The number of rotatable bonds is 6. The molecule has 1 N–H and O–H groups in total. The molecule has 1 saturated heterocycles. The number of piperidine rings is 1. The first-order valence-corrected chi connectivity index (χ1v) is 9.52. The second-order valence-corrected chi connectivity index (χ2v) is 7.86. The highest BCUT2D eigenvalue weighted by Crippen LogP contribution is 2.21. The second kappa shape index (κ2) is 8.49. The summed E-state index contributed by atoms with van der Waals surface area (Å²) in [6, 6.07) is 11.8. The van der Waals surface area contributed by atoms with Crippen LogP contribution in [0.15, 0.2) is 40.9 Å². The van der Waals surface area contributed by atoms with Crippen LogP contribution in [0.4, 0.5) is 0 Å². The van der Waals surface area contributed by atoms with Crippen molar-refractivity contribution >= 4 is 5.91 Å². The quantitative estimate of drug-likeness (QED) is 0.863. The van der Waals surface area contributed by atoms with Gasteiger partial charge in [-0.05, 0) is 25.2 Å². The third-order valence-electron chi connectivity index (χ3n) is 4.84. The van der Waals surface area contributed by atoms with Crippen molar-refractivity contribution in [2.24, 2.45) is 11.8 Å². The van der Waals surface area contributed by atoms with Crippen LogP contribution >= 0.6 is 0 Å². The van der Waals surface area contributed by atoms with Crippen LogP contribution in [0, 0.1) is 11.8 Å². The SMILES string of the molecule is CC1CC(C)CN(CC(C)NC(=O)Cc2cc(-c3ccccc3)on2)C1. The molecule has 0 spiro atoms. The number of benzene rings is 1. The lowest BCUT2D eigenvalue weighted by molar-refractivity contribution is -0.121. The summed E-state index contributed by atoms with van der Waals surface area (Å²) in [5.74, 6) is 2.14. The highest BCUT2D eigenvalue weighted by Gasteiger charge is 2.23. The van der Waals surface area contributed by atoms with Gasteiger partial charge in [-0.15, -0.1) is 0 Å². The molecule has 1 fully saturated rings. The Hall–Kier alpha value is -2.14. The van der Waals surface area contributed by atoms with Gasteiger partial charge < -0.3 is 14.7 Å². The maximum Gasteiger partial charge on any atom is 0.226 e. The summed E-state index contributed by atoms with van der Waals surface area (Å²) < 4.78 is 5.36. The zero-order valence-electron chi connectivity index (χ0n) is 15.9. The highest BCUT2D eigenvalue weighted by molar-refractivity contribution is 5.78. The van der Waals surface area contributed by atoms with Gasteiger partial charge in [0.1, 0.15) is 0 Å². The van der Waals surface area contributed by atoms with E-state index < -0.39 is 0 Å². The Morgan fingerprint density at radius 1 is 1.27 bits per heavy atom. The molecule has 1 aliphatic rings. The molecule has 26 heavy (non-hydrogen) atoms. The van der Waals surface area contributed by atoms with E-state index in [2.05, 4.69) is 36.1 Å². The molecule has 2 heterocycles. The van der Waals surface area contributed by atoms with Gasteiger partial charge in [-0.25, -0.2) is 0 Å². The Bertz CT molecular complexity index is 703. The van der Waals surface area contributed by atoms with E-state index >= 15 is 0 Å². The van der Waals surface area contributed by atoms with Crippen molar-refractivity contribution in [1.82, 2.24) is 15.4 Å². The summed E-state index contributed by atoms with van der Waals surface area (Å²) in [7, 11) is 0. The van der Waals surface area contributed by atoms with Crippen LogP contribution in [0.1, 0.15) is 32.9 Å². The summed E-state index contributed by atoms with van der Waals surface area (Å²) in [6.07, 6.45) is 1.54. The van der Waals surface area contributed by atoms with E-state index in [9.17, 15) is 4.79 Å². The highest BCUT2D eigenvalue weighted by atomic mass is 16.5. The number of aromatic nitrogens is 1. The number of carbonyl (C=O) groups excluding carboxylic acids is 1. The maximum absolute atomic E-state index is 12.3. The molecule has 1 aromatic carbocycles. The Morgan fingerprint density at radius 3 is 2.65 bits per heavy atom. The van der Waals surface area contributed by atoms with E-state index in [0.717, 1.165) is 37.0 Å². The van der Waals surface area contributed by atoms with Crippen LogP contribution in [0.3, 0.4) is 0 Å². The van der Waals surface area contributed by atoms with Gasteiger partial charge in [-0.2, -0.15) is 0 Å². The van der Waals surface area contributed by atoms with Gasteiger partial charge in [-0.3, -0.25) is 4.79 Å². The van der Waals surface area contributed by atoms with Crippen LogP contribution in [0.2, 0.25) is 0 Å². The fourth-order valence-electron chi connectivity index (χ4n) is 4.00.